The minimum absolute atomic E-state index is 0.912. The van der Waals surface area contributed by atoms with Crippen molar-refractivity contribution in [2.75, 3.05) is 7.05 Å². The Hall–Kier alpha value is -0.780. The molecule has 0 saturated carbocycles. The molecule has 21 heavy (non-hydrogen) atoms. The molecule has 0 bridgehead atoms. The first-order valence-electron chi connectivity index (χ1n) is 7.30. The van der Waals surface area contributed by atoms with Crippen LogP contribution in [0.1, 0.15) is 30.8 Å². The summed E-state index contributed by atoms with van der Waals surface area (Å²) in [6, 6.07) is 8.75. The van der Waals surface area contributed by atoms with E-state index in [2.05, 4.69) is 69.1 Å². The van der Waals surface area contributed by atoms with Crippen LogP contribution in [0.3, 0.4) is 0 Å². The predicted octanol–water partition coefficient (Wildman–Crippen LogP) is 4.24. The first-order chi connectivity index (χ1) is 10.2. The maximum atomic E-state index is 4.65. The monoisotopic (exact) mass is 367 g/mol. The molecule has 1 N–H and O–H groups in total. The molecular weight excluding hydrogens is 346 g/mol. The average molecular weight is 368 g/mol. The molecule has 0 unspecified atom stereocenters. The van der Waals surface area contributed by atoms with Gasteiger partial charge in [0, 0.05) is 23.7 Å². The number of nitrogens with zero attached hydrogens (tertiary/aromatic N) is 2. The van der Waals surface area contributed by atoms with E-state index in [1.807, 2.05) is 18.8 Å². The molecule has 0 spiro atoms. The summed E-state index contributed by atoms with van der Waals surface area (Å²) >= 11 is 5.56. The minimum Gasteiger partial charge on any atom is -0.316 e. The summed E-state index contributed by atoms with van der Waals surface area (Å²) in [5.41, 5.74) is 3.74. The van der Waals surface area contributed by atoms with Crippen molar-refractivity contribution in [3.8, 4) is 0 Å². The van der Waals surface area contributed by atoms with Gasteiger partial charge in [0.15, 0.2) is 0 Å². The second kappa shape index (κ2) is 8.01. The number of benzene rings is 1. The molecule has 0 radical (unpaired) electrons. The van der Waals surface area contributed by atoms with Gasteiger partial charge >= 0.3 is 0 Å². The smallest absolute Gasteiger partial charge is 0.0767 e. The van der Waals surface area contributed by atoms with Crippen molar-refractivity contribution in [3.05, 3.63) is 45.7 Å². The van der Waals surface area contributed by atoms with E-state index in [1.165, 1.54) is 20.6 Å². The lowest BCUT2D eigenvalue weighted by Crippen LogP contribution is -2.04. The van der Waals surface area contributed by atoms with E-state index in [0.29, 0.717) is 0 Å². The Kier molecular flexibility index (Phi) is 6.33. The van der Waals surface area contributed by atoms with Gasteiger partial charge in [-0.05, 0) is 54.0 Å². The van der Waals surface area contributed by atoms with Gasteiger partial charge in [-0.15, -0.1) is 11.8 Å². The Morgan fingerprint density at radius 2 is 1.95 bits per heavy atom. The lowest BCUT2D eigenvalue weighted by Gasteiger charge is -2.06. The Balaban J connectivity index is 2.07. The largest absolute Gasteiger partial charge is 0.316 e. The van der Waals surface area contributed by atoms with Gasteiger partial charge in [0.1, 0.15) is 0 Å². The van der Waals surface area contributed by atoms with Crippen LogP contribution in [0.15, 0.2) is 33.6 Å². The Labute approximate surface area is 139 Å². The molecule has 1 aromatic heterocycles. The van der Waals surface area contributed by atoms with Gasteiger partial charge in [-0.3, -0.25) is 4.68 Å². The van der Waals surface area contributed by atoms with Crippen LogP contribution < -0.4 is 5.32 Å². The standard InChI is InChI=1S/C16H22BrN3S/c1-4-14-16(17)15(20(5-2)19-14)11-21-13-8-6-12(7-9-13)10-18-3/h6-9,18H,4-5,10-11H2,1-3H3. The van der Waals surface area contributed by atoms with Gasteiger partial charge in [-0.25, -0.2) is 0 Å². The van der Waals surface area contributed by atoms with Crippen LogP contribution in [-0.2, 0) is 25.3 Å². The molecule has 0 fully saturated rings. The van der Waals surface area contributed by atoms with Crippen molar-refractivity contribution in [2.45, 2.75) is 44.0 Å². The Bertz CT molecular complexity index is 578. The number of hydrogen-bond donors (Lipinski definition) is 1. The molecular formula is C16H22BrN3S. The first-order valence-corrected chi connectivity index (χ1v) is 9.07. The second-order valence-electron chi connectivity index (χ2n) is 4.84. The van der Waals surface area contributed by atoms with Gasteiger partial charge in [0.2, 0.25) is 0 Å². The summed E-state index contributed by atoms with van der Waals surface area (Å²) in [4.78, 5) is 1.30. The van der Waals surface area contributed by atoms with Crippen LogP contribution in [0.5, 0.6) is 0 Å². The zero-order valence-corrected chi connectivity index (χ0v) is 15.2. The fraction of sp³-hybridized carbons (Fsp3) is 0.438. The summed E-state index contributed by atoms with van der Waals surface area (Å²) in [5, 5.41) is 7.81. The third kappa shape index (κ3) is 4.11. The molecule has 0 aliphatic rings. The van der Waals surface area contributed by atoms with E-state index < -0.39 is 0 Å². The normalized spacial score (nSPS) is 11.0. The maximum Gasteiger partial charge on any atom is 0.0767 e. The molecule has 1 aromatic carbocycles. The number of halogens is 1. The highest BCUT2D eigenvalue weighted by Crippen LogP contribution is 2.29. The molecule has 1 heterocycles. The van der Waals surface area contributed by atoms with E-state index in [4.69, 9.17) is 0 Å². The van der Waals surface area contributed by atoms with E-state index in [1.54, 1.807) is 0 Å². The molecule has 5 heteroatoms. The quantitative estimate of drug-likeness (QED) is 0.742. The van der Waals surface area contributed by atoms with Gasteiger partial charge in [-0.1, -0.05) is 19.1 Å². The van der Waals surface area contributed by atoms with E-state index in [0.717, 1.165) is 31.0 Å². The summed E-state index contributed by atoms with van der Waals surface area (Å²) in [7, 11) is 1.97. The first kappa shape index (κ1) is 16.6. The fourth-order valence-electron chi connectivity index (χ4n) is 2.21. The van der Waals surface area contributed by atoms with Gasteiger partial charge in [-0.2, -0.15) is 5.10 Å². The van der Waals surface area contributed by atoms with E-state index in [-0.39, 0.29) is 0 Å². The van der Waals surface area contributed by atoms with Crippen molar-refractivity contribution in [1.82, 2.24) is 15.1 Å². The third-order valence-electron chi connectivity index (χ3n) is 3.37. The topological polar surface area (TPSA) is 29.9 Å². The lowest BCUT2D eigenvalue weighted by atomic mass is 10.2. The molecule has 2 aromatic rings. The zero-order valence-electron chi connectivity index (χ0n) is 12.8. The van der Waals surface area contributed by atoms with Crippen LogP contribution in [0.2, 0.25) is 0 Å². The summed E-state index contributed by atoms with van der Waals surface area (Å²) < 4.78 is 3.27. The number of aryl methyl sites for hydroxylation is 2. The molecule has 0 saturated heterocycles. The van der Waals surface area contributed by atoms with Crippen molar-refractivity contribution in [2.24, 2.45) is 0 Å². The number of aromatic nitrogens is 2. The number of nitrogens with one attached hydrogen (secondary N) is 1. The second-order valence-corrected chi connectivity index (χ2v) is 6.68. The Morgan fingerprint density at radius 3 is 2.52 bits per heavy atom. The summed E-state index contributed by atoms with van der Waals surface area (Å²) in [6.45, 7) is 6.11. The van der Waals surface area contributed by atoms with Gasteiger partial charge < -0.3 is 5.32 Å². The van der Waals surface area contributed by atoms with E-state index in [9.17, 15) is 0 Å². The zero-order chi connectivity index (χ0) is 15.2. The van der Waals surface area contributed by atoms with Crippen molar-refractivity contribution in [1.29, 1.82) is 0 Å². The number of thioether (sulfide) groups is 1. The molecule has 0 amide bonds. The summed E-state index contributed by atoms with van der Waals surface area (Å²) in [6.07, 6.45) is 0.962. The van der Waals surface area contributed by atoms with Crippen molar-refractivity contribution in [3.63, 3.8) is 0 Å². The maximum absolute atomic E-state index is 4.65. The van der Waals surface area contributed by atoms with Crippen molar-refractivity contribution >= 4 is 27.7 Å². The number of hydrogen-bond acceptors (Lipinski definition) is 3. The summed E-state index contributed by atoms with van der Waals surface area (Å²) in [5.74, 6) is 0.937. The predicted molar refractivity (Wildman–Crippen MR) is 93.7 cm³/mol. The highest BCUT2D eigenvalue weighted by Gasteiger charge is 2.13. The SMILES string of the molecule is CCc1nn(CC)c(CSc2ccc(CNC)cc2)c1Br. The van der Waals surface area contributed by atoms with Crippen LogP contribution in [-0.4, -0.2) is 16.8 Å². The lowest BCUT2D eigenvalue weighted by molar-refractivity contribution is 0.627. The van der Waals surface area contributed by atoms with Gasteiger partial charge in [0.05, 0.1) is 15.9 Å². The third-order valence-corrected chi connectivity index (χ3v) is 5.31. The highest BCUT2D eigenvalue weighted by molar-refractivity contribution is 9.10. The molecule has 114 valence electrons. The molecule has 3 nitrogen and oxygen atoms in total. The minimum atomic E-state index is 0.912. The fourth-order valence-corrected chi connectivity index (χ4v) is 4.03. The Morgan fingerprint density at radius 1 is 1.24 bits per heavy atom. The molecule has 0 aliphatic carbocycles. The number of rotatable bonds is 7. The average Bonchev–Trinajstić information content (AvgIpc) is 2.82. The van der Waals surface area contributed by atoms with Crippen LogP contribution >= 0.6 is 27.7 Å². The van der Waals surface area contributed by atoms with Gasteiger partial charge in [0.25, 0.3) is 0 Å². The van der Waals surface area contributed by atoms with Crippen LogP contribution in [0, 0.1) is 0 Å². The van der Waals surface area contributed by atoms with E-state index >= 15 is 0 Å². The molecule has 0 atom stereocenters. The van der Waals surface area contributed by atoms with Crippen LogP contribution in [0.25, 0.3) is 0 Å². The van der Waals surface area contributed by atoms with Crippen molar-refractivity contribution < 1.29 is 0 Å². The molecule has 0 aliphatic heterocycles. The van der Waals surface area contributed by atoms with Crippen LogP contribution in [0.4, 0.5) is 0 Å². The highest BCUT2D eigenvalue weighted by atomic mass is 79.9. The molecule has 2 rings (SSSR count).